The van der Waals surface area contributed by atoms with Gasteiger partial charge in [-0.3, -0.25) is 9.59 Å². The zero-order valence-electron chi connectivity index (χ0n) is 16.6. The number of carbonyl (C=O) groups excluding carboxylic acids is 2. The zero-order chi connectivity index (χ0) is 21.1. The van der Waals surface area contributed by atoms with Crippen LogP contribution in [-0.2, 0) is 11.2 Å². The van der Waals surface area contributed by atoms with Gasteiger partial charge in [-0.25, -0.2) is 4.98 Å². The molecule has 3 aromatic rings. The first kappa shape index (κ1) is 21.0. The highest BCUT2D eigenvalue weighted by Crippen LogP contribution is 2.26. The third-order valence-electron chi connectivity index (χ3n) is 5.32. The van der Waals surface area contributed by atoms with Crippen LogP contribution in [0.15, 0.2) is 41.2 Å². The summed E-state index contributed by atoms with van der Waals surface area (Å²) in [5.41, 5.74) is 2.91. The quantitative estimate of drug-likeness (QED) is 0.566. The van der Waals surface area contributed by atoms with E-state index in [4.69, 9.17) is 11.6 Å². The normalized spacial score (nSPS) is 14.7. The van der Waals surface area contributed by atoms with Gasteiger partial charge < -0.3 is 10.2 Å². The van der Waals surface area contributed by atoms with Gasteiger partial charge in [-0.1, -0.05) is 23.7 Å². The number of benzene rings is 1. The number of nitrogens with one attached hydrogen (secondary N) is 1. The van der Waals surface area contributed by atoms with Crippen molar-refractivity contribution >= 4 is 51.2 Å². The van der Waals surface area contributed by atoms with Crippen LogP contribution in [0.5, 0.6) is 0 Å². The molecule has 0 radical (unpaired) electrons. The molecule has 4 rings (SSSR count). The number of thiazole rings is 1. The Hall–Kier alpha value is -2.22. The Bertz CT molecular complexity index is 1040. The average molecular weight is 460 g/mol. The van der Waals surface area contributed by atoms with E-state index in [9.17, 15) is 9.59 Å². The number of piperidine rings is 1. The van der Waals surface area contributed by atoms with Crippen molar-refractivity contribution in [1.29, 1.82) is 0 Å². The summed E-state index contributed by atoms with van der Waals surface area (Å²) in [6.07, 6.45) is 3.87. The molecule has 5 nitrogen and oxygen atoms in total. The minimum atomic E-state index is -0.0974. The van der Waals surface area contributed by atoms with E-state index in [0.29, 0.717) is 31.1 Å². The Morgan fingerprint density at radius 3 is 2.77 bits per heavy atom. The van der Waals surface area contributed by atoms with Crippen LogP contribution < -0.4 is 5.32 Å². The summed E-state index contributed by atoms with van der Waals surface area (Å²) in [6, 6.07) is 7.89. The molecular formula is C22H22ClN3O2S2. The Labute approximate surface area is 188 Å². The number of nitrogens with zero attached hydrogens (tertiary/aromatic N) is 2. The molecule has 8 heteroatoms. The van der Waals surface area contributed by atoms with Crippen molar-refractivity contribution in [3.8, 4) is 0 Å². The number of anilines is 1. The Kier molecular flexibility index (Phi) is 6.51. The van der Waals surface area contributed by atoms with Crippen molar-refractivity contribution in [1.82, 2.24) is 9.88 Å². The van der Waals surface area contributed by atoms with Gasteiger partial charge in [0.15, 0.2) is 5.13 Å². The Morgan fingerprint density at radius 1 is 1.27 bits per heavy atom. The van der Waals surface area contributed by atoms with E-state index in [1.807, 2.05) is 40.8 Å². The first-order valence-electron chi connectivity index (χ1n) is 9.81. The summed E-state index contributed by atoms with van der Waals surface area (Å²) in [5.74, 6) is -0.0624. The maximum atomic E-state index is 12.7. The predicted octanol–water partition coefficient (Wildman–Crippen LogP) is 5.25. The summed E-state index contributed by atoms with van der Waals surface area (Å²) in [5, 5.41) is 8.10. The largest absolute Gasteiger partial charge is 0.339 e. The fourth-order valence-electron chi connectivity index (χ4n) is 3.52. The SMILES string of the molecule is Cc1ccc(Cc2cnc(NC(=O)C3CCN(C(=O)c4ccsc4)CC3)s2)cc1Cl. The van der Waals surface area contributed by atoms with Crippen LogP contribution in [-0.4, -0.2) is 34.8 Å². The van der Waals surface area contributed by atoms with Gasteiger partial charge in [-0.2, -0.15) is 11.3 Å². The van der Waals surface area contributed by atoms with Crippen LogP contribution in [0.1, 0.15) is 39.2 Å². The molecule has 1 aromatic carbocycles. The minimum absolute atomic E-state index is 0.0167. The third kappa shape index (κ3) is 4.91. The molecule has 1 N–H and O–H groups in total. The summed E-state index contributed by atoms with van der Waals surface area (Å²) < 4.78 is 0. The van der Waals surface area contributed by atoms with Crippen molar-refractivity contribution in [2.45, 2.75) is 26.2 Å². The van der Waals surface area contributed by atoms with Gasteiger partial charge in [0.1, 0.15) is 0 Å². The van der Waals surface area contributed by atoms with E-state index in [0.717, 1.165) is 33.0 Å². The molecule has 2 aromatic heterocycles. The number of hydrogen-bond donors (Lipinski definition) is 1. The lowest BCUT2D eigenvalue weighted by Gasteiger charge is -2.31. The van der Waals surface area contributed by atoms with Gasteiger partial charge in [-0.15, -0.1) is 11.3 Å². The standard InChI is InChI=1S/C22H22ClN3O2S2/c1-14-2-3-15(11-19(14)23)10-18-12-24-22(30-18)25-20(27)16-4-7-26(8-5-16)21(28)17-6-9-29-13-17/h2-3,6,9,11-13,16H,4-5,7-8,10H2,1H3,(H,24,25,27). The highest BCUT2D eigenvalue weighted by molar-refractivity contribution is 7.15. The highest BCUT2D eigenvalue weighted by Gasteiger charge is 2.28. The molecular weight excluding hydrogens is 438 g/mol. The van der Waals surface area contributed by atoms with Crippen molar-refractivity contribution < 1.29 is 9.59 Å². The lowest BCUT2D eigenvalue weighted by atomic mass is 9.95. The molecule has 0 atom stereocenters. The topological polar surface area (TPSA) is 62.3 Å². The first-order valence-corrected chi connectivity index (χ1v) is 12.0. The molecule has 0 unspecified atom stereocenters. The van der Waals surface area contributed by atoms with Crippen LogP contribution in [0.3, 0.4) is 0 Å². The number of likely N-dealkylation sites (tertiary alicyclic amines) is 1. The Balaban J connectivity index is 1.29. The number of rotatable bonds is 5. The molecule has 3 heterocycles. The van der Waals surface area contributed by atoms with Gasteiger partial charge in [0, 0.05) is 46.9 Å². The van der Waals surface area contributed by atoms with Crippen molar-refractivity contribution in [3.63, 3.8) is 0 Å². The molecule has 1 aliphatic heterocycles. The van der Waals surface area contributed by atoms with E-state index in [1.54, 1.807) is 6.20 Å². The predicted molar refractivity (Wildman–Crippen MR) is 123 cm³/mol. The van der Waals surface area contributed by atoms with E-state index < -0.39 is 0 Å². The Morgan fingerprint density at radius 2 is 2.07 bits per heavy atom. The second-order valence-corrected chi connectivity index (χ2v) is 9.76. The van der Waals surface area contributed by atoms with Gasteiger partial charge in [0.2, 0.25) is 5.91 Å². The molecule has 1 saturated heterocycles. The molecule has 1 fully saturated rings. The zero-order valence-corrected chi connectivity index (χ0v) is 18.9. The second kappa shape index (κ2) is 9.29. The molecule has 0 bridgehead atoms. The van der Waals surface area contributed by atoms with E-state index in [-0.39, 0.29) is 17.7 Å². The van der Waals surface area contributed by atoms with Gasteiger partial charge in [-0.05, 0) is 48.4 Å². The first-order chi connectivity index (χ1) is 14.5. The molecule has 0 aliphatic carbocycles. The van der Waals surface area contributed by atoms with Crippen LogP contribution in [0.4, 0.5) is 5.13 Å². The van der Waals surface area contributed by atoms with Gasteiger partial charge >= 0.3 is 0 Å². The second-order valence-electron chi connectivity index (χ2n) is 7.46. The monoisotopic (exact) mass is 459 g/mol. The van der Waals surface area contributed by atoms with Gasteiger partial charge in [0.05, 0.1) is 5.56 Å². The number of carbonyl (C=O) groups is 2. The fraction of sp³-hybridized carbons (Fsp3) is 0.318. The van der Waals surface area contributed by atoms with Crippen molar-refractivity contribution in [3.05, 3.63) is 67.8 Å². The lowest BCUT2D eigenvalue weighted by molar-refractivity contribution is -0.121. The molecule has 1 aliphatic rings. The maximum Gasteiger partial charge on any atom is 0.254 e. The number of amides is 2. The number of halogens is 1. The summed E-state index contributed by atoms with van der Waals surface area (Å²) in [6.45, 7) is 3.18. The summed E-state index contributed by atoms with van der Waals surface area (Å²) >= 11 is 9.21. The van der Waals surface area contributed by atoms with Crippen LogP contribution in [0.25, 0.3) is 0 Å². The number of thiophene rings is 1. The van der Waals surface area contributed by atoms with Crippen LogP contribution >= 0.6 is 34.3 Å². The van der Waals surface area contributed by atoms with Crippen LogP contribution in [0, 0.1) is 12.8 Å². The highest BCUT2D eigenvalue weighted by atomic mass is 35.5. The van der Waals surface area contributed by atoms with E-state index >= 15 is 0 Å². The molecule has 156 valence electrons. The third-order valence-corrected chi connectivity index (χ3v) is 7.32. The fourth-order valence-corrected chi connectivity index (χ4v) is 5.20. The minimum Gasteiger partial charge on any atom is -0.339 e. The smallest absolute Gasteiger partial charge is 0.254 e. The van der Waals surface area contributed by atoms with Crippen molar-refractivity contribution in [2.75, 3.05) is 18.4 Å². The molecule has 2 amide bonds. The number of hydrogen-bond acceptors (Lipinski definition) is 5. The maximum absolute atomic E-state index is 12.7. The number of aryl methyl sites for hydroxylation is 1. The van der Waals surface area contributed by atoms with Crippen molar-refractivity contribution in [2.24, 2.45) is 5.92 Å². The molecule has 0 saturated carbocycles. The average Bonchev–Trinajstić information content (AvgIpc) is 3.43. The summed E-state index contributed by atoms with van der Waals surface area (Å²) in [7, 11) is 0. The van der Waals surface area contributed by atoms with Gasteiger partial charge in [0.25, 0.3) is 5.91 Å². The van der Waals surface area contributed by atoms with Crippen LogP contribution in [0.2, 0.25) is 5.02 Å². The molecule has 30 heavy (non-hydrogen) atoms. The van der Waals surface area contributed by atoms with E-state index in [2.05, 4.69) is 16.4 Å². The van der Waals surface area contributed by atoms with E-state index in [1.165, 1.54) is 22.7 Å². The summed E-state index contributed by atoms with van der Waals surface area (Å²) in [4.78, 5) is 32.4. The molecule has 0 spiro atoms. The lowest BCUT2D eigenvalue weighted by Crippen LogP contribution is -2.41. The number of aromatic nitrogens is 1.